The average molecular weight is 1330 g/mol. The number of ketones is 1. The molecule has 7 aromatic carbocycles. The lowest BCUT2D eigenvalue weighted by Gasteiger charge is -2.14. The van der Waals surface area contributed by atoms with Gasteiger partial charge in [-0.15, -0.1) is 0 Å². The van der Waals surface area contributed by atoms with Gasteiger partial charge < -0.3 is 51.5 Å². The summed E-state index contributed by atoms with van der Waals surface area (Å²) in [5.41, 5.74) is 34.0. The number of nitrogens with two attached hydrogens (primary N) is 3. The standard InChI is InChI=1S/C29H28N4O2.C29H36N4O2.C23H27N5O/c1-3-4-14-25-31-26-27(33(25)18-20-15-16-24(34)19(2)17-20)22-12-8-9-13-23(22)30-28(26)32-29(35)21-10-6-5-7-11-21;1-4-6-10-22(34)15-14-21-17-20(16-19(3)28(21)35)18-33-25(13-7-5-2)32-26-27(33)23-11-8-9-12-24(23)31-29(26)30;1-3-4-9-19-27-20-21(17-7-5-6-8-18(17)26-23(20)25)28(19)13-15-10-14(2)22(29)16(11-15)12-24/h5-13,15-17,34H,3-4,14,18H2,1-2H3,(H,30,32,35);8-9,11-12,16-17,35H,4-7,10,13-15,18H2,1-3H3,(H2,30,31);5-8,10-11,29H,3-4,9,12-13,24H2,1-2H3,(H2,25,26). The van der Waals surface area contributed by atoms with Crippen molar-refractivity contribution >= 4 is 95.0 Å². The molecule has 10 N–H and O–H groups in total. The van der Waals surface area contributed by atoms with Crippen LogP contribution in [0.4, 0.5) is 17.5 Å². The number of para-hydroxylation sites is 3. The highest BCUT2D eigenvalue weighted by atomic mass is 16.3. The van der Waals surface area contributed by atoms with Gasteiger partial charge in [0.05, 0.1) is 33.1 Å². The van der Waals surface area contributed by atoms with Crippen LogP contribution in [0.2, 0.25) is 0 Å². The topological polar surface area (TPSA) is 277 Å². The largest absolute Gasteiger partial charge is 0.508 e. The second-order valence-electron chi connectivity index (χ2n) is 25.9. The fraction of sp³-hybridized carbons (Fsp3) is 0.309. The number of phenolic OH excluding ortho intramolecular Hbond substituents is 3. The van der Waals surface area contributed by atoms with Gasteiger partial charge in [0.1, 0.15) is 57.1 Å². The summed E-state index contributed by atoms with van der Waals surface area (Å²) in [6.45, 7) is 16.5. The molecule has 0 aliphatic rings. The van der Waals surface area contributed by atoms with Crippen LogP contribution in [0.1, 0.15) is 164 Å². The van der Waals surface area contributed by atoms with Crippen molar-refractivity contribution in [2.75, 3.05) is 16.8 Å². The van der Waals surface area contributed by atoms with Gasteiger partial charge in [-0.2, -0.15) is 0 Å². The number of aromatic hydroxyl groups is 3. The first-order valence-corrected chi connectivity index (χ1v) is 34.8. The zero-order chi connectivity index (χ0) is 69.9. The van der Waals surface area contributed by atoms with E-state index in [0.29, 0.717) is 74.0 Å². The molecule has 6 heterocycles. The normalized spacial score (nSPS) is 11.4. The molecule has 18 nitrogen and oxygen atoms in total. The van der Waals surface area contributed by atoms with Crippen molar-refractivity contribution in [3.05, 3.63) is 213 Å². The highest BCUT2D eigenvalue weighted by molar-refractivity contribution is 6.13. The van der Waals surface area contributed by atoms with E-state index in [0.717, 1.165) is 193 Å². The number of nitrogens with zero attached hydrogens (tertiary/aromatic N) is 9. The number of aryl methyl sites for hydroxylation is 7. The Morgan fingerprint density at radius 3 is 1.35 bits per heavy atom. The maximum atomic E-state index is 13.0. The van der Waals surface area contributed by atoms with Crippen molar-refractivity contribution in [1.29, 1.82) is 0 Å². The molecule has 0 aliphatic carbocycles. The van der Waals surface area contributed by atoms with Crippen molar-refractivity contribution in [2.45, 2.75) is 165 Å². The minimum atomic E-state index is -0.214. The van der Waals surface area contributed by atoms with E-state index < -0.39 is 0 Å². The zero-order valence-electron chi connectivity index (χ0n) is 58.0. The summed E-state index contributed by atoms with van der Waals surface area (Å²) in [5, 5.41) is 37.0. The number of rotatable bonds is 24. The van der Waals surface area contributed by atoms with E-state index in [-0.39, 0.29) is 28.9 Å². The third-order valence-corrected chi connectivity index (χ3v) is 18.4. The molecule has 99 heavy (non-hydrogen) atoms. The van der Waals surface area contributed by atoms with Crippen LogP contribution < -0.4 is 22.5 Å². The minimum Gasteiger partial charge on any atom is -0.508 e. The van der Waals surface area contributed by atoms with E-state index in [1.165, 1.54) is 0 Å². The maximum Gasteiger partial charge on any atom is 0.256 e. The zero-order valence-corrected chi connectivity index (χ0v) is 58.0. The van der Waals surface area contributed by atoms with Gasteiger partial charge in [0.25, 0.3) is 5.91 Å². The number of phenols is 3. The number of hydrogen-bond donors (Lipinski definition) is 7. The van der Waals surface area contributed by atoms with Gasteiger partial charge in [-0.25, -0.2) is 29.9 Å². The SMILES string of the molecule is CCCCC(=O)CCc1cc(Cn2c(CCCC)nc3c(N)nc4ccccc4c32)cc(C)c1O.CCCCc1nc2c(N)nc3ccccc3c2n1Cc1cc(C)c(O)c(CN)c1.CCCCc1nc2c(NC(=O)c3ccccc3)nc3ccccc3c2n1Cc1ccc(O)c(C)c1. The van der Waals surface area contributed by atoms with Crippen LogP contribution in [0.3, 0.4) is 0 Å². The van der Waals surface area contributed by atoms with Gasteiger partial charge in [0, 0.05) is 85.6 Å². The number of unbranched alkanes of at least 4 members (excludes halogenated alkanes) is 4. The molecule has 0 aliphatic heterocycles. The van der Waals surface area contributed by atoms with E-state index in [4.69, 9.17) is 37.1 Å². The van der Waals surface area contributed by atoms with E-state index in [9.17, 15) is 24.9 Å². The molecule has 0 spiro atoms. The Bertz CT molecular complexity index is 5070. The van der Waals surface area contributed by atoms with Crippen molar-refractivity contribution in [3.63, 3.8) is 0 Å². The number of pyridine rings is 3. The van der Waals surface area contributed by atoms with Crippen LogP contribution >= 0.6 is 0 Å². The maximum absolute atomic E-state index is 13.0. The molecule has 0 unspecified atom stereocenters. The summed E-state index contributed by atoms with van der Waals surface area (Å²) in [7, 11) is 0. The first-order chi connectivity index (χ1) is 48.0. The van der Waals surface area contributed by atoms with Gasteiger partial charge in [0.2, 0.25) is 0 Å². The lowest BCUT2D eigenvalue weighted by Crippen LogP contribution is -2.13. The number of nitrogens with one attached hydrogen (secondary N) is 1. The Morgan fingerprint density at radius 1 is 0.444 bits per heavy atom. The molecular weight excluding hydrogens is 1230 g/mol. The molecule has 0 radical (unpaired) electrons. The summed E-state index contributed by atoms with van der Waals surface area (Å²) in [6.07, 6.45) is 12.4. The van der Waals surface area contributed by atoms with Crippen LogP contribution in [-0.2, 0) is 56.7 Å². The Kier molecular flexibility index (Phi) is 22.3. The lowest BCUT2D eigenvalue weighted by molar-refractivity contribution is -0.119. The number of amides is 1. The van der Waals surface area contributed by atoms with Gasteiger partial charge in [0.15, 0.2) is 17.5 Å². The number of fused-ring (bicyclic) bond motifs is 9. The van der Waals surface area contributed by atoms with Crippen LogP contribution in [0.25, 0.3) is 65.8 Å². The minimum absolute atomic E-state index is 0.214. The first kappa shape index (κ1) is 69.6. The molecule has 13 rings (SSSR count). The van der Waals surface area contributed by atoms with E-state index in [2.05, 4.69) is 74.9 Å². The molecule has 6 aromatic heterocycles. The average Bonchev–Trinajstić information content (AvgIpc) is 1.64. The highest BCUT2D eigenvalue weighted by Gasteiger charge is 2.24. The summed E-state index contributed by atoms with van der Waals surface area (Å²) < 4.78 is 6.74. The van der Waals surface area contributed by atoms with Gasteiger partial charge in [-0.3, -0.25) is 9.59 Å². The molecule has 0 saturated heterocycles. The fourth-order valence-corrected chi connectivity index (χ4v) is 13.2. The van der Waals surface area contributed by atoms with Gasteiger partial charge in [-0.1, -0.05) is 157 Å². The van der Waals surface area contributed by atoms with E-state index in [1.807, 2.05) is 130 Å². The second kappa shape index (κ2) is 31.6. The molecule has 13 aromatic rings. The Hall–Kier alpha value is -10.7. The molecule has 0 bridgehead atoms. The highest BCUT2D eigenvalue weighted by Crippen LogP contribution is 2.36. The Balaban J connectivity index is 0.000000151. The van der Waals surface area contributed by atoms with Crippen LogP contribution in [0.15, 0.2) is 146 Å². The summed E-state index contributed by atoms with van der Waals surface area (Å²) >= 11 is 0. The summed E-state index contributed by atoms with van der Waals surface area (Å²) in [4.78, 5) is 54.0. The number of aromatic nitrogens is 9. The third kappa shape index (κ3) is 15.5. The molecule has 510 valence electrons. The van der Waals surface area contributed by atoms with E-state index >= 15 is 0 Å². The molecular formula is C81H91N13O5. The smallest absolute Gasteiger partial charge is 0.256 e. The molecule has 0 fully saturated rings. The molecule has 1 amide bonds. The molecule has 18 heteroatoms. The van der Waals surface area contributed by atoms with Crippen LogP contribution in [0.5, 0.6) is 17.2 Å². The number of carbonyl (C=O) groups is 2. The monoisotopic (exact) mass is 1330 g/mol. The predicted octanol–water partition coefficient (Wildman–Crippen LogP) is 16.5. The van der Waals surface area contributed by atoms with Crippen molar-refractivity contribution in [1.82, 2.24) is 43.6 Å². The van der Waals surface area contributed by atoms with E-state index in [1.54, 1.807) is 18.2 Å². The summed E-state index contributed by atoms with van der Waals surface area (Å²) in [5.74, 6) is 5.22. The van der Waals surface area contributed by atoms with Crippen molar-refractivity contribution < 1.29 is 24.9 Å². The fourth-order valence-electron chi connectivity index (χ4n) is 13.2. The number of benzene rings is 7. The number of anilines is 3. The Labute approximate surface area is 578 Å². The summed E-state index contributed by atoms with van der Waals surface area (Å²) in [6, 6.07) is 46.9. The number of Topliss-reactive ketones (excluding diaryl/α,β-unsaturated/α-hetero) is 1. The quantitative estimate of drug-likeness (QED) is 0.0296. The molecule has 0 saturated carbocycles. The predicted molar refractivity (Wildman–Crippen MR) is 401 cm³/mol. The third-order valence-electron chi connectivity index (χ3n) is 18.4. The lowest BCUT2D eigenvalue weighted by atomic mass is 9.98. The van der Waals surface area contributed by atoms with Gasteiger partial charge in [-0.05, 0) is 134 Å². The van der Waals surface area contributed by atoms with Crippen molar-refractivity contribution in [2.24, 2.45) is 5.73 Å². The number of nitrogen functional groups attached to an aromatic ring is 2. The number of hydrogen-bond acceptors (Lipinski definition) is 14. The first-order valence-electron chi connectivity index (χ1n) is 34.8. The second-order valence-corrected chi connectivity index (χ2v) is 25.9. The van der Waals surface area contributed by atoms with Crippen LogP contribution in [0, 0.1) is 20.8 Å². The number of imidazole rings is 3. The van der Waals surface area contributed by atoms with Gasteiger partial charge >= 0.3 is 0 Å². The Morgan fingerprint density at radius 2 is 0.869 bits per heavy atom. The van der Waals surface area contributed by atoms with Crippen molar-refractivity contribution in [3.8, 4) is 17.2 Å². The molecule has 0 atom stereocenters. The number of carbonyl (C=O) groups excluding carboxylic acids is 2. The van der Waals surface area contributed by atoms with Crippen LogP contribution in [-0.4, -0.2) is 70.6 Å².